The van der Waals surface area contributed by atoms with Gasteiger partial charge in [-0.1, -0.05) is 18.2 Å². The van der Waals surface area contributed by atoms with Gasteiger partial charge in [0.25, 0.3) is 5.91 Å². The van der Waals surface area contributed by atoms with Crippen molar-refractivity contribution in [3.63, 3.8) is 0 Å². The molecule has 4 unspecified atom stereocenters. The second kappa shape index (κ2) is 8.90. The molecule has 10 heteroatoms. The van der Waals surface area contributed by atoms with E-state index in [2.05, 4.69) is 4.72 Å². The van der Waals surface area contributed by atoms with Gasteiger partial charge < -0.3 is 10.0 Å². The summed E-state index contributed by atoms with van der Waals surface area (Å²) in [6.45, 7) is 1.51. The molecule has 35 heavy (non-hydrogen) atoms. The molecule has 2 saturated carbocycles. The molecule has 1 heterocycles. The number of fused-ring (bicyclic) bond motifs is 1. The van der Waals surface area contributed by atoms with Crippen molar-refractivity contribution >= 4 is 15.9 Å². The highest BCUT2D eigenvalue weighted by molar-refractivity contribution is 7.89. The van der Waals surface area contributed by atoms with Crippen LogP contribution in [0.1, 0.15) is 31.7 Å². The molecule has 0 radical (unpaired) electrons. The summed E-state index contributed by atoms with van der Waals surface area (Å²) < 4.78 is 70.6. The Balaban J connectivity index is 1.49. The van der Waals surface area contributed by atoms with Crippen molar-refractivity contribution in [3.8, 4) is 11.1 Å². The molecule has 3 fully saturated rings. The molecule has 6 nitrogen and oxygen atoms in total. The highest BCUT2D eigenvalue weighted by Gasteiger charge is 2.62. The molecule has 5 rings (SSSR count). The topological polar surface area (TPSA) is 86.7 Å². The summed E-state index contributed by atoms with van der Waals surface area (Å²) >= 11 is 0. The van der Waals surface area contributed by atoms with E-state index in [0.29, 0.717) is 12.5 Å². The number of halogens is 3. The van der Waals surface area contributed by atoms with Crippen LogP contribution in [0.3, 0.4) is 0 Å². The maximum absolute atomic E-state index is 15.6. The summed E-state index contributed by atoms with van der Waals surface area (Å²) in [5.74, 6) is -3.16. The molecule has 1 aliphatic heterocycles. The summed E-state index contributed by atoms with van der Waals surface area (Å²) in [6, 6.07) is 5.74. The van der Waals surface area contributed by atoms with E-state index in [1.807, 2.05) is 0 Å². The van der Waals surface area contributed by atoms with Gasteiger partial charge in [0.2, 0.25) is 10.0 Å². The SMILES string of the molecule is CCS(=O)(=O)NC1C2CC2N(C(=O)[C@H](O)C2CC2)C1Cc1cccc(-c2cc(F)cc(F)c2)c1F. The smallest absolute Gasteiger partial charge is 0.252 e. The van der Waals surface area contributed by atoms with Crippen LogP contribution in [-0.2, 0) is 21.2 Å². The molecule has 0 bridgehead atoms. The molecular formula is C25H27F3N2O4S. The summed E-state index contributed by atoms with van der Waals surface area (Å²) in [7, 11) is -3.61. The van der Waals surface area contributed by atoms with E-state index >= 15 is 4.39 Å². The number of carbonyl (C=O) groups is 1. The minimum Gasteiger partial charge on any atom is -0.383 e. The van der Waals surface area contributed by atoms with E-state index in [0.717, 1.165) is 25.0 Å². The van der Waals surface area contributed by atoms with Crippen molar-refractivity contribution < 1.29 is 31.5 Å². The van der Waals surface area contributed by atoms with Crippen LogP contribution >= 0.6 is 0 Å². The number of amides is 1. The van der Waals surface area contributed by atoms with Crippen LogP contribution in [0, 0.1) is 29.3 Å². The first-order valence-corrected chi connectivity index (χ1v) is 13.5. The summed E-state index contributed by atoms with van der Waals surface area (Å²) in [5.41, 5.74) is 0.236. The normalized spacial score (nSPS) is 26.5. The number of hydrogen-bond acceptors (Lipinski definition) is 4. The Kier molecular flexibility index (Phi) is 6.17. The van der Waals surface area contributed by atoms with Crippen LogP contribution in [0.15, 0.2) is 36.4 Å². The van der Waals surface area contributed by atoms with Gasteiger partial charge in [-0.3, -0.25) is 4.79 Å². The number of nitrogens with zero attached hydrogens (tertiary/aromatic N) is 1. The Labute approximate surface area is 202 Å². The number of sulfonamides is 1. The van der Waals surface area contributed by atoms with Crippen LogP contribution in [0.5, 0.6) is 0 Å². The fourth-order valence-corrected chi connectivity index (χ4v) is 6.19. The van der Waals surface area contributed by atoms with Crippen LogP contribution in [0.25, 0.3) is 11.1 Å². The predicted molar refractivity (Wildman–Crippen MR) is 123 cm³/mol. The summed E-state index contributed by atoms with van der Waals surface area (Å²) in [4.78, 5) is 14.8. The van der Waals surface area contributed by atoms with Gasteiger partial charge in [-0.2, -0.15) is 0 Å². The third-order valence-electron chi connectivity index (χ3n) is 7.35. The standard InChI is InChI=1S/C25H27F3N2O4S/c1-2-35(33,34)29-23-19-12-20(19)30(25(32)24(31)13-6-7-13)21(23)10-14-4-3-5-18(22(14)28)15-8-16(26)11-17(27)9-15/h3-5,8-9,11,13,19-21,23-24,29,31H,2,6-7,10,12H2,1H3/t19?,20?,21?,23?,24-/m1/s1. The van der Waals surface area contributed by atoms with E-state index in [4.69, 9.17) is 0 Å². The number of benzene rings is 2. The van der Waals surface area contributed by atoms with Crippen molar-refractivity contribution in [2.24, 2.45) is 11.8 Å². The lowest BCUT2D eigenvalue weighted by Gasteiger charge is -2.33. The van der Waals surface area contributed by atoms with Crippen molar-refractivity contribution in [1.29, 1.82) is 0 Å². The number of piperidine rings is 1. The number of nitrogens with one attached hydrogen (secondary N) is 1. The Bertz CT molecular complexity index is 1250. The molecule has 188 valence electrons. The Morgan fingerprint density at radius 1 is 1.17 bits per heavy atom. The van der Waals surface area contributed by atoms with Gasteiger partial charge in [-0.25, -0.2) is 26.3 Å². The van der Waals surface area contributed by atoms with Crippen LogP contribution < -0.4 is 4.72 Å². The van der Waals surface area contributed by atoms with Crippen LogP contribution in [0.4, 0.5) is 13.2 Å². The van der Waals surface area contributed by atoms with Crippen molar-refractivity contribution in [1.82, 2.24) is 9.62 Å². The fourth-order valence-electron chi connectivity index (χ4n) is 5.28. The van der Waals surface area contributed by atoms with Crippen molar-refractivity contribution in [3.05, 3.63) is 59.4 Å². The summed E-state index contributed by atoms with van der Waals surface area (Å²) in [5, 5.41) is 10.5. The number of hydrogen-bond donors (Lipinski definition) is 2. The van der Waals surface area contributed by atoms with Gasteiger partial charge in [0.15, 0.2) is 0 Å². The zero-order valence-corrected chi connectivity index (χ0v) is 19.9. The molecule has 2 aromatic rings. The first-order valence-electron chi connectivity index (χ1n) is 11.8. The van der Waals surface area contributed by atoms with Gasteiger partial charge >= 0.3 is 0 Å². The number of carbonyl (C=O) groups excluding carboxylic acids is 1. The Morgan fingerprint density at radius 2 is 1.86 bits per heavy atom. The molecule has 2 aromatic carbocycles. The molecule has 3 aliphatic rings. The fraction of sp³-hybridized carbons (Fsp3) is 0.480. The van der Waals surface area contributed by atoms with E-state index in [-0.39, 0.29) is 46.7 Å². The minimum atomic E-state index is -3.61. The van der Waals surface area contributed by atoms with Gasteiger partial charge in [0.1, 0.15) is 23.6 Å². The quantitative estimate of drug-likeness (QED) is 0.574. The molecule has 0 aromatic heterocycles. The van der Waals surface area contributed by atoms with Gasteiger partial charge in [-0.15, -0.1) is 0 Å². The zero-order valence-electron chi connectivity index (χ0n) is 19.1. The van der Waals surface area contributed by atoms with E-state index < -0.39 is 51.6 Å². The zero-order chi connectivity index (χ0) is 25.1. The molecule has 2 N–H and O–H groups in total. The highest BCUT2D eigenvalue weighted by atomic mass is 32.2. The molecule has 0 spiro atoms. The van der Waals surface area contributed by atoms with Crippen LogP contribution in [0.2, 0.25) is 0 Å². The highest BCUT2D eigenvalue weighted by Crippen LogP contribution is 2.50. The molecule has 2 aliphatic carbocycles. The van der Waals surface area contributed by atoms with Crippen molar-refractivity contribution in [2.45, 2.75) is 56.8 Å². The predicted octanol–water partition coefficient (Wildman–Crippen LogP) is 2.99. The van der Waals surface area contributed by atoms with Crippen molar-refractivity contribution in [2.75, 3.05) is 5.75 Å². The Hall–Kier alpha value is -2.43. The molecule has 5 atom stereocenters. The lowest BCUT2D eigenvalue weighted by molar-refractivity contribution is -0.143. The van der Waals surface area contributed by atoms with E-state index in [9.17, 15) is 27.1 Å². The monoisotopic (exact) mass is 508 g/mol. The first kappa shape index (κ1) is 24.3. The maximum atomic E-state index is 15.6. The van der Waals surface area contributed by atoms with E-state index in [1.54, 1.807) is 11.0 Å². The van der Waals surface area contributed by atoms with Gasteiger partial charge in [-0.05, 0) is 67.7 Å². The number of aliphatic hydroxyl groups is 1. The second-order valence-corrected chi connectivity index (χ2v) is 11.8. The minimum absolute atomic E-state index is 0.00522. The number of aliphatic hydroxyl groups excluding tert-OH is 1. The largest absolute Gasteiger partial charge is 0.383 e. The van der Waals surface area contributed by atoms with Gasteiger partial charge in [0.05, 0.1) is 11.8 Å². The van der Waals surface area contributed by atoms with E-state index in [1.165, 1.54) is 19.1 Å². The number of likely N-dealkylation sites (tertiary alicyclic amines) is 1. The third kappa shape index (κ3) is 4.71. The molecule has 1 amide bonds. The lowest BCUT2D eigenvalue weighted by atomic mass is 9.94. The number of rotatable bonds is 8. The third-order valence-corrected chi connectivity index (χ3v) is 8.74. The molecular weight excluding hydrogens is 481 g/mol. The van der Waals surface area contributed by atoms with Gasteiger partial charge in [0, 0.05) is 23.7 Å². The first-order chi connectivity index (χ1) is 16.6. The maximum Gasteiger partial charge on any atom is 0.252 e. The Morgan fingerprint density at radius 3 is 2.49 bits per heavy atom. The lowest BCUT2D eigenvalue weighted by Crippen LogP contribution is -2.53. The van der Waals surface area contributed by atoms with Crippen LogP contribution in [-0.4, -0.2) is 54.3 Å². The molecule has 1 saturated heterocycles. The average molecular weight is 509 g/mol. The summed E-state index contributed by atoms with van der Waals surface area (Å²) in [6.07, 6.45) is 0.955. The second-order valence-electron chi connectivity index (χ2n) is 9.75. The average Bonchev–Trinajstić information content (AvgIpc) is 3.72.